The molecule has 14 heteroatoms. The van der Waals surface area contributed by atoms with Crippen LogP contribution in [0.1, 0.15) is 75.0 Å². The molecule has 290 valence electrons. The topological polar surface area (TPSA) is 190 Å². The van der Waals surface area contributed by atoms with Crippen LogP contribution in [0.3, 0.4) is 0 Å². The van der Waals surface area contributed by atoms with Crippen molar-refractivity contribution in [2.45, 2.75) is 101 Å². The molecule has 12 nitrogen and oxygen atoms in total. The van der Waals surface area contributed by atoms with Gasteiger partial charge in [-0.3, -0.25) is 9.78 Å². The minimum Gasteiger partial charge on any atom is -0.490 e. The molecule has 2 saturated carbocycles. The number of ether oxygens (including phenoxy) is 1. The van der Waals surface area contributed by atoms with Crippen LogP contribution in [-0.2, 0) is 26.7 Å². The molecule has 3 aromatic rings. The summed E-state index contributed by atoms with van der Waals surface area (Å²) in [6, 6.07) is 16.1. The van der Waals surface area contributed by atoms with Crippen LogP contribution in [0.5, 0.6) is 5.75 Å². The average molecular weight is 774 g/mol. The monoisotopic (exact) mass is 773 g/mol. The maximum absolute atomic E-state index is 13.2. The van der Waals surface area contributed by atoms with Gasteiger partial charge in [0.2, 0.25) is 0 Å². The zero-order chi connectivity index (χ0) is 38.3. The van der Waals surface area contributed by atoms with E-state index in [1.807, 2.05) is 55.7 Å². The predicted molar refractivity (Wildman–Crippen MR) is 202 cm³/mol. The summed E-state index contributed by atoms with van der Waals surface area (Å²) in [5, 5.41) is 54.1. The molecule has 6 N–H and O–H groups in total. The van der Waals surface area contributed by atoms with E-state index < -0.39 is 46.8 Å². The zero-order valence-corrected chi connectivity index (χ0v) is 31.8. The lowest BCUT2D eigenvalue weighted by atomic mass is 9.93. The minimum absolute atomic E-state index is 0.0298. The first-order valence-corrected chi connectivity index (χ1v) is 20.5. The van der Waals surface area contributed by atoms with Crippen LogP contribution >= 0.6 is 11.6 Å². The van der Waals surface area contributed by atoms with E-state index in [4.69, 9.17) is 21.4 Å². The second kappa shape index (κ2) is 18.0. The van der Waals surface area contributed by atoms with E-state index in [1.54, 1.807) is 0 Å². The molecule has 5 atom stereocenters. The van der Waals surface area contributed by atoms with Gasteiger partial charge in [-0.1, -0.05) is 55.8 Å². The number of para-hydroxylation sites is 1. The molecule has 0 spiro atoms. The number of benzene rings is 2. The molecule has 2 aliphatic rings. The molecule has 1 unspecified atom stereocenters. The number of hydrogen-bond acceptors (Lipinski definition) is 11. The molecule has 2 aromatic carbocycles. The normalized spacial score (nSPS) is 18.1. The van der Waals surface area contributed by atoms with Crippen molar-refractivity contribution in [3.05, 3.63) is 82.6 Å². The minimum atomic E-state index is -3.46. The first-order chi connectivity index (χ1) is 25.3. The van der Waals surface area contributed by atoms with Crippen LogP contribution in [0.2, 0.25) is 5.02 Å². The highest BCUT2D eigenvalue weighted by Gasteiger charge is 2.46. The van der Waals surface area contributed by atoms with Crippen molar-refractivity contribution in [2.75, 3.05) is 31.2 Å². The van der Waals surface area contributed by atoms with Crippen LogP contribution in [-0.4, -0.2) is 111 Å². The number of carbonyl (C=O) groups excluding carboxylic acids is 1. The Morgan fingerprint density at radius 2 is 1.79 bits per heavy atom. The van der Waals surface area contributed by atoms with Crippen molar-refractivity contribution in [2.24, 2.45) is 0 Å². The second-order valence-electron chi connectivity index (χ2n) is 14.3. The SMILES string of the molecule is CCS(=O)(=O)CCN(CCCC(C)c1ccc(Cl)c(CNC2(c3cnccc3-c3ccccc3OC3CC3)CC2)c1)C(=O)[C@@H](O)[C@@H](O)[C@H](O)[C@@H](O)CO. The Balaban J connectivity index is 1.24. The number of nitrogens with one attached hydrogen (secondary N) is 1. The zero-order valence-electron chi connectivity index (χ0n) is 30.3. The summed E-state index contributed by atoms with van der Waals surface area (Å²) in [5.74, 6) is -0.536. The van der Waals surface area contributed by atoms with Gasteiger partial charge in [-0.25, -0.2) is 8.42 Å². The number of nitrogens with zero attached hydrogens (tertiary/aromatic N) is 2. The molecule has 0 radical (unpaired) electrons. The van der Waals surface area contributed by atoms with Gasteiger partial charge in [0, 0.05) is 53.9 Å². The van der Waals surface area contributed by atoms with E-state index in [0.29, 0.717) is 24.4 Å². The number of hydrogen-bond donors (Lipinski definition) is 6. The molecule has 2 aliphatic carbocycles. The van der Waals surface area contributed by atoms with Crippen LogP contribution in [0.25, 0.3) is 11.1 Å². The molecule has 0 aliphatic heterocycles. The molecule has 1 heterocycles. The summed E-state index contributed by atoms with van der Waals surface area (Å²) in [7, 11) is -3.46. The highest BCUT2D eigenvalue weighted by atomic mass is 35.5. The Bertz CT molecular complexity index is 1800. The van der Waals surface area contributed by atoms with Gasteiger partial charge in [0.1, 0.15) is 24.1 Å². The summed E-state index contributed by atoms with van der Waals surface area (Å²) < 4.78 is 30.8. The number of sulfone groups is 1. The highest BCUT2D eigenvalue weighted by Crippen LogP contribution is 2.50. The number of pyridine rings is 1. The van der Waals surface area contributed by atoms with Crippen molar-refractivity contribution in [1.29, 1.82) is 0 Å². The Labute approximate surface area is 316 Å². The summed E-state index contributed by atoms with van der Waals surface area (Å²) >= 11 is 6.72. The van der Waals surface area contributed by atoms with E-state index in [-0.39, 0.29) is 42.2 Å². The third-order valence-electron chi connectivity index (χ3n) is 10.3. The van der Waals surface area contributed by atoms with Crippen LogP contribution < -0.4 is 10.1 Å². The largest absolute Gasteiger partial charge is 0.490 e. The van der Waals surface area contributed by atoms with Crippen molar-refractivity contribution in [1.82, 2.24) is 15.2 Å². The molecule has 2 fully saturated rings. The number of rotatable bonds is 21. The van der Waals surface area contributed by atoms with E-state index in [2.05, 4.69) is 22.4 Å². The Morgan fingerprint density at radius 1 is 1.06 bits per heavy atom. The van der Waals surface area contributed by atoms with E-state index in [1.165, 1.54) is 6.92 Å². The van der Waals surface area contributed by atoms with E-state index in [0.717, 1.165) is 64.1 Å². The molecular weight excluding hydrogens is 722 g/mol. The van der Waals surface area contributed by atoms with E-state index in [9.17, 15) is 33.6 Å². The maximum Gasteiger partial charge on any atom is 0.254 e. The van der Waals surface area contributed by atoms with Gasteiger partial charge in [-0.05, 0) is 84.9 Å². The molecule has 53 heavy (non-hydrogen) atoms. The van der Waals surface area contributed by atoms with Crippen LogP contribution in [0.15, 0.2) is 60.9 Å². The van der Waals surface area contributed by atoms with Gasteiger partial charge in [-0.2, -0.15) is 0 Å². The number of carbonyl (C=O) groups is 1. The fourth-order valence-corrected chi connectivity index (χ4v) is 7.44. The summed E-state index contributed by atoms with van der Waals surface area (Å²) in [6.07, 6.45) is 1.13. The van der Waals surface area contributed by atoms with Crippen molar-refractivity contribution < 1.29 is 43.5 Å². The number of amides is 1. The first-order valence-electron chi connectivity index (χ1n) is 18.4. The van der Waals surface area contributed by atoms with Gasteiger partial charge in [0.15, 0.2) is 15.9 Å². The lowest BCUT2D eigenvalue weighted by molar-refractivity contribution is -0.158. The Kier molecular flexibility index (Phi) is 13.9. The molecule has 1 aromatic heterocycles. The molecule has 0 bridgehead atoms. The number of halogens is 1. The lowest BCUT2D eigenvalue weighted by Crippen LogP contribution is -2.53. The van der Waals surface area contributed by atoms with Gasteiger partial charge in [0.25, 0.3) is 5.91 Å². The van der Waals surface area contributed by atoms with Crippen molar-refractivity contribution in [3.63, 3.8) is 0 Å². The van der Waals surface area contributed by atoms with E-state index >= 15 is 0 Å². The van der Waals surface area contributed by atoms with Crippen molar-refractivity contribution in [3.8, 4) is 16.9 Å². The van der Waals surface area contributed by atoms with Gasteiger partial charge >= 0.3 is 0 Å². The molecular formula is C39H52ClN3O9S. The third-order valence-corrected chi connectivity index (χ3v) is 12.4. The van der Waals surface area contributed by atoms with Crippen molar-refractivity contribution >= 4 is 27.3 Å². The Hall–Kier alpha value is -3.14. The number of aromatic nitrogens is 1. The fourth-order valence-electron chi connectivity index (χ4n) is 6.47. The maximum atomic E-state index is 13.2. The van der Waals surface area contributed by atoms with Crippen LogP contribution in [0.4, 0.5) is 0 Å². The Morgan fingerprint density at radius 3 is 2.47 bits per heavy atom. The number of aliphatic hydroxyl groups is 5. The standard InChI is InChI=1S/C39H52ClN3O9S/c1-3-53(50,51)20-19-43(38(49)37(48)36(47)35(46)33(45)24-44)18-6-7-25(2)26-10-13-32(40)27(21-26)22-42-39(15-16-39)31-23-41-17-14-29(31)30-8-4-5-9-34(30)52-28-11-12-28/h4-5,8-10,13-14,17,21,23,25,28,33,35-37,42,44-48H,3,6-7,11-12,15-16,18-20,22,24H2,1-2H3/t25?,33-,35+,36-,37-/m0/s1. The highest BCUT2D eigenvalue weighted by molar-refractivity contribution is 7.91. The third kappa shape index (κ3) is 10.5. The lowest BCUT2D eigenvalue weighted by Gasteiger charge is -2.30. The first kappa shape index (κ1) is 41.0. The summed E-state index contributed by atoms with van der Waals surface area (Å²) in [6.45, 7) is 3.04. The van der Waals surface area contributed by atoms with Gasteiger partial charge in [-0.15, -0.1) is 0 Å². The quantitative estimate of drug-likeness (QED) is 0.0932. The molecule has 5 rings (SSSR count). The average Bonchev–Trinajstić information content (AvgIpc) is 4.12. The van der Waals surface area contributed by atoms with Gasteiger partial charge in [0.05, 0.1) is 18.5 Å². The second-order valence-corrected chi connectivity index (χ2v) is 17.2. The van der Waals surface area contributed by atoms with Crippen LogP contribution in [0, 0.1) is 0 Å². The predicted octanol–water partition coefficient (Wildman–Crippen LogP) is 3.31. The molecule has 1 amide bonds. The summed E-state index contributed by atoms with van der Waals surface area (Å²) in [4.78, 5) is 18.8. The number of aliphatic hydroxyl groups excluding tert-OH is 5. The smallest absolute Gasteiger partial charge is 0.254 e. The summed E-state index contributed by atoms with van der Waals surface area (Å²) in [5.41, 5.74) is 4.98. The fraction of sp³-hybridized carbons (Fsp3) is 0.538. The van der Waals surface area contributed by atoms with Gasteiger partial charge < -0.3 is 40.5 Å². The molecule has 0 saturated heterocycles.